The molecule has 0 spiro atoms. The Balaban J connectivity index is 1.79. The van der Waals surface area contributed by atoms with Crippen molar-refractivity contribution in [3.05, 3.63) is 23.8 Å². The normalized spacial score (nSPS) is 48.6. The Bertz CT molecular complexity index is 796. The molecular weight excluding hydrogens is 348 g/mol. The fourth-order valence-corrected chi connectivity index (χ4v) is 6.67. The summed E-state index contributed by atoms with van der Waals surface area (Å²) in [7, 11) is 0. The first-order valence-electron chi connectivity index (χ1n) is 9.61. The number of hydrogen-bond donors (Lipinski definition) is 3. The van der Waals surface area contributed by atoms with Gasteiger partial charge in [0, 0.05) is 23.2 Å². The highest BCUT2D eigenvalue weighted by atomic mass is 16.4. The molecule has 0 aromatic rings. The van der Waals surface area contributed by atoms with E-state index < -0.39 is 34.9 Å². The minimum absolute atomic E-state index is 0.0250. The van der Waals surface area contributed by atoms with Crippen LogP contribution in [0.5, 0.6) is 0 Å². The maximum atomic E-state index is 13.3. The highest BCUT2D eigenvalue weighted by Crippen LogP contribution is 2.66. The minimum Gasteiger partial charge on any atom is -0.390 e. The molecule has 0 amide bonds. The quantitative estimate of drug-likeness (QED) is 0.657. The fraction of sp³-hybridized carbons (Fsp3) is 0.667. The van der Waals surface area contributed by atoms with Crippen molar-refractivity contribution in [3.63, 3.8) is 0 Å². The topological polar surface area (TPSA) is 112 Å². The summed E-state index contributed by atoms with van der Waals surface area (Å²) in [6.07, 6.45) is 5.23. The van der Waals surface area contributed by atoms with Crippen LogP contribution < -0.4 is 0 Å². The van der Waals surface area contributed by atoms with Crippen LogP contribution in [0.1, 0.15) is 39.5 Å². The van der Waals surface area contributed by atoms with Crippen LogP contribution in [0.25, 0.3) is 0 Å². The highest BCUT2D eigenvalue weighted by molar-refractivity contribution is 6.02. The van der Waals surface area contributed by atoms with Gasteiger partial charge in [0.2, 0.25) is 0 Å². The van der Waals surface area contributed by atoms with E-state index in [1.165, 1.54) is 6.08 Å². The number of aliphatic hydroxyl groups is 3. The second-order valence-electron chi connectivity index (χ2n) is 9.13. The molecule has 3 fully saturated rings. The third-order valence-corrected chi connectivity index (χ3v) is 8.05. The molecule has 0 unspecified atom stereocenters. The maximum absolute atomic E-state index is 13.3. The molecule has 27 heavy (non-hydrogen) atoms. The van der Waals surface area contributed by atoms with Crippen molar-refractivity contribution < 1.29 is 29.7 Å². The molecule has 0 radical (unpaired) electrons. The first-order valence-corrected chi connectivity index (χ1v) is 9.61. The number of aliphatic hydroxyl groups excluding tert-OH is 2. The van der Waals surface area contributed by atoms with E-state index in [2.05, 4.69) is 0 Å². The Hall–Kier alpha value is -1.63. The summed E-state index contributed by atoms with van der Waals surface area (Å²) >= 11 is 0. The molecular formula is C21H26O6. The molecule has 0 saturated heterocycles. The molecule has 4 aliphatic rings. The van der Waals surface area contributed by atoms with Crippen LogP contribution in [0, 0.1) is 28.6 Å². The Kier molecular flexibility index (Phi) is 3.94. The summed E-state index contributed by atoms with van der Waals surface area (Å²) in [5.74, 6) is -1.57. The summed E-state index contributed by atoms with van der Waals surface area (Å²) in [5.41, 5.74) is -2.78. The number of Topliss-reactive ketones (excluding diaryl/α,β-unsaturated/α-hetero) is 2. The highest BCUT2D eigenvalue weighted by Gasteiger charge is 2.71. The predicted octanol–water partition coefficient (Wildman–Crippen LogP) is 0.737. The van der Waals surface area contributed by atoms with Crippen LogP contribution in [0.4, 0.5) is 0 Å². The molecule has 7 atom stereocenters. The number of ketones is 3. The van der Waals surface area contributed by atoms with Gasteiger partial charge < -0.3 is 15.3 Å². The van der Waals surface area contributed by atoms with Crippen molar-refractivity contribution in [1.29, 1.82) is 0 Å². The standard InChI is InChI=1S/C21H26O6/c1-19-6-5-12(23)7-11(19)3-4-13-14-8-16(25)21(27,17(26)10-22)20(14,2)9-15(24)18(13)19/h5-7,13-14,16,18,22,25,27H,3-4,8-10H2,1-2H3/t13-,14-,16-,18+,19+,20+,21+/m1/s1. The van der Waals surface area contributed by atoms with Gasteiger partial charge in [0.1, 0.15) is 12.4 Å². The molecule has 3 saturated carbocycles. The summed E-state index contributed by atoms with van der Waals surface area (Å²) in [4.78, 5) is 37.5. The number of fused-ring (bicyclic) bond motifs is 5. The summed E-state index contributed by atoms with van der Waals surface area (Å²) in [6.45, 7) is 2.81. The van der Waals surface area contributed by atoms with Gasteiger partial charge in [0.05, 0.1) is 6.10 Å². The van der Waals surface area contributed by atoms with Gasteiger partial charge in [-0.15, -0.1) is 0 Å². The molecule has 4 rings (SSSR count). The van der Waals surface area contributed by atoms with Gasteiger partial charge in [-0.05, 0) is 43.3 Å². The van der Waals surface area contributed by atoms with Gasteiger partial charge in [-0.25, -0.2) is 0 Å². The third-order valence-electron chi connectivity index (χ3n) is 8.05. The van der Waals surface area contributed by atoms with Crippen molar-refractivity contribution in [2.75, 3.05) is 6.61 Å². The number of hydrogen-bond acceptors (Lipinski definition) is 6. The van der Waals surface area contributed by atoms with Gasteiger partial charge in [0.15, 0.2) is 17.2 Å². The first kappa shape index (κ1) is 18.7. The molecule has 6 heteroatoms. The second-order valence-corrected chi connectivity index (χ2v) is 9.13. The Morgan fingerprint density at radius 3 is 2.67 bits per heavy atom. The lowest BCUT2D eigenvalue weighted by molar-refractivity contribution is -0.179. The smallest absolute Gasteiger partial charge is 0.192 e. The van der Waals surface area contributed by atoms with Gasteiger partial charge >= 0.3 is 0 Å². The van der Waals surface area contributed by atoms with Crippen molar-refractivity contribution in [3.8, 4) is 0 Å². The summed E-state index contributed by atoms with van der Waals surface area (Å²) < 4.78 is 0. The van der Waals surface area contributed by atoms with Gasteiger partial charge in [-0.1, -0.05) is 25.5 Å². The molecule has 0 heterocycles. The van der Waals surface area contributed by atoms with Crippen molar-refractivity contribution >= 4 is 17.3 Å². The van der Waals surface area contributed by atoms with Crippen LogP contribution >= 0.6 is 0 Å². The van der Waals surface area contributed by atoms with Crippen LogP contribution in [0.3, 0.4) is 0 Å². The fourth-order valence-electron chi connectivity index (χ4n) is 6.67. The first-order chi connectivity index (χ1) is 12.6. The summed E-state index contributed by atoms with van der Waals surface area (Å²) in [5, 5.41) is 31.1. The summed E-state index contributed by atoms with van der Waals surface area (Å²) in [6, 6.07) is 0. The zero-order chi connectivity index (χ0) is 19.8. The lowest BCUT2D eigenvalue weighted by Crippen LogP contribution is -2.63. The Morgan fingerprint density at radius 1 is 1.30 bits per heavy atom. The SMILES string of the molecule is C[C@]12C=CC(=O)C=C1CC[C@H]1[C@H]2C(=O)C[C@@]2(C)[C@@H]1C[C@@H](O)[C@]2(O)C(=O)CO. The largest absolute Gasteiger partial charge is 0.390 e. The van der Waals surface area contributed by atoms with Gasteiger partial charge in [-0.3, -0.25) is 14.4 Å². The maximum Gasteiger partial charge on any atom is 0.192 e. The zero-order valence-corrected chi connectivity index (χ0v) is 15.6. The van der Waals surface area contributed by atoms with Crippen molar-refractivity contribution in [1.82, 2.24) is 0 Å². The van der Waals surface area contributed by atoms with E-state index in [-0.39, 0.29) is 42.2 Å². The molecule has 0 aromatic heterocycles. The molecule has 0 aliphatic heterocycles. The monoisotopic (exact) mass is 374 g/mol. The average molecular weight is 374 g/mol. The van der Waals surface area contributed by atoms with E-state index >= 15 is 0 Å². The van der Waals surface area contributed by atoms with Crippen LogP contribution in [0.15, 0.2) is 23.8 Å². The number of allylic oxidation sites excluding steroid dienone is 4. The molecule has 146 valence electrons. The van der Waals surface area contributed by atoms with E-state index in [4.69, 9.17) is 0 Å². The number of rotatable bonds is 2. The molecule has 4 aliphatic carbocycles. The van der Waals surface area contributed by atoms with E-state index in [1.54, 1.807) is 13.0 Å². The predicted molar refractivity (Wildman–Crippen MR) is 95.4 cm³/mol. The lowest BCUT2D eigenvalue weighted by atomic mass is 9.46. The van der Waals surface area contributed by atoms with E-state index in [0.717, 1.165) is 5.57 Å². The lowest BCUT2D eigenvalue weighted by Gasteiger charge is -2.56. The van der Waals surface area contributed by atoms with Crippen molar-refractivity contribution in [2.45, 2.75) is 51.2 Å². The minimum atomic E-state index is -2.11. The average Bonchev–Trinajstić information content (AvgIpc) is 2.82. The van der Waals surface area contributed by atoms with E-state index in [1.807, 2.05) is 13.0 Å². The van der Waals surface area contributed by atoms with Crippen LogP contribution in [0.2, 0.25) is 0 Å². The molecule has 3 N–H and O–H groups in total. The van der Waals surface area contributed by atoms with E-state index in [0.29, 0.717) is 12.8 Å². The van der Waals surface area contributed by atoms with Crippen LogP contribution in [-0.2, 0) is 14.4 Å². The Morgan fingerprint density at radius 2 is 2.00 bits per heavy atom. The number of carbonyl (C=O) groups is 3. The second kappa shape index (κ2) is 5.69. The van der Waals surface area contributed by atoms with Gasteiger partial charge in [0.25, 0.3) is 0 Å². The third kappa shape index (κ3) is 2.15. The van der Waals surface area contributed by atoms with Crippen molar-refractivity contribution in [2.24, 2.45) is 28.6 Å². The molecule has 0 aromatic carbocycles. The number of carbonyl (C=O) groups excluding carboxylic acids is 3. The van der Waals surface area contributed by atoms with E-state index in [9.17, 15) is 29.7 Å². The Labute approximate surface area is 158 Å². The van der Waals surface area contributed by atoms with Crippen LogP contribution in [-0.4, -0.2) is 51.0 Å². The van der Waals surface area contributed by atoms with Gasteiger partial charge in [-0.2, -0.15) is 0 Å². The molecule has 0 bridgehead atoms. The molecule has 6 nitrogen and oxygen atoms in total. The zero-order valence-electron chi connectivity index (χ0n) is 15.6.